The number of nitrogens with zero attached hydrogens (tertiary/aromatic N) is 3. The zero-order valence-electron chi connectivity index (χ0n) is 16.2. The molecular formula is C20H27N5O2. The number of benzene rings is 1. The maximum absolute atomic E-state index is 11.8. The summed E-state index contributed by atoms with van der Waals surface area (Å²) in [6.45, 7) is 7.72. The zero-order valence-corrected chi connectivity index (χ0v) is 16.2. The first-order chi connectivity index (χ1) is 13.0. The van der Waals surface area contributed by atoms with Gasteiger partial charge in [0.1, 0.15) is 5.82 Å². The number of carbonyl (C=O) groups excluding carboxylic acids is 1. The Labute approximate surface area is 160 Å². The second-order valence-corrected chi connectivity index (χ2v) is 6.81. The normalized spacial score (nSPS) is 14.7. The molecule has 0 aliphatic carbocycles. The van der Waals surface area contributed by atoms with Crippen LogP contribution in [-0.2, 0) is 4.74 Å². The van der Waals surface area contributed by atoms with Crippen LogP contribution in [0.25, 0.3) is 0 Å². The van der Waals surface area contributed by atoms with Gasteiger partial charge in [0.15, 0.2) is 0 Å². The highest BCUT2D eigenvalue weighted by Gasteiger charge is 2.23. The van der Waals surface area contributed by atoms with E-state index in [1.54, 1.807) is 11.1 Å². The Morgan fingerprint density at radius 3 is 2.78 bits per heavy atom. The number of piperidine rings is 1. The lowest BCUT2D eigenvalue weighted by atomic mass is 10.1. The van der Waals surface area contributed by atoms with Gasteiger partial charge < -0.3 is 20.3 Å². The van der Waals surface area contributed by atoms with Gasteiger partial charge in [-0.05, 0) is 56.9 Å². The van der Waals surface area contributed by atoms with E-state index in [1.807, 2.05) is 13.0 Å². The Morgan fingerprint density at radius 1 is 1.26 bits per heavy atom. The van der Waals surface area contributed by atoms with Crippen LogP contribution >= 0.6 is 0 Å². The second-order valence-electron chi connectivity index (χ2n) is 6.81. The molecule has 1 aliphatic heterocycles. The number of aryl methyl sites for hydroxylation is 2. The van der Waals surface area contributed by atoms with E-state index in [9.17, 15) is 4.79 Å². The summed E-state index contributed by atoms with van der Waals surface area (Å²) in [5, 5.41) is 6.75. The highest BCUT2D eigenvalue weighted by molar-refractivity contribution is 5.67. The summed E-state index contributed by atoms with van der Waals surface area (Å²) >= 11 is 0. The molecule has 7 heteroatoms. The van der Waals surface area contributed by atoms with E-state index < -0.39 is 0 Å². The van der Waals surface area contributed by atoms with Gasteiger partial charge in [-0.25, -0.2) is 9.78 Å². The number of hydrogen-bond donors (Lipinski definition) is 2. The van der Waals surface area contributed by atoms with Crippen LogP contribution in [0.5, 0.6) is 0 Å². The number of aromatic nitrogens is 2. The zero-order chi connectivity index (χ0) is 19.2. The molecular weight excluding hydrogens is 342 g/mol. The Morgan fingerprint density at radius 2 is 2.04 bits per heavy atom. The first-order valence-electron chi connectivity index (χ1n) is 9.40. The third-order valence-electron chi connectivity index (χ3n) is 4.67. The van der Waals surface area contributed by atoms with Crippen LogP contribution in [0, 0.1) is 13.8 Å². The fourth-order valence-corrected chi connectivity index (χ4v) is 3.11. The summed E-state index contributed by atoms with van der Waals surface area (Å²) in [7, 11) is 0. The van der Waals surface area contributed by atoms with Gasteiger partial charge in [-0.2, -0.15) is 4.98 Å². The number of amides is 1. The molecule has 2 aromatic rings. The van der Waals surface area contributed by atoms with Crippen LogP contribution < -0.4 is 10.6 Å². The molecule has 1 saturated heterocycles. The smallest absolute Gasteiger partial charge is 0.409 e. The molecule has 0 bridgehead atoms. The van der Waals surface area contributed by atoms with Crippen LogP contribution in [0.15, 0.2) is 30.5 Å². The molecule has 0 radical (unpaired) electrons. The van der Waals surface area contributed by atoms with E-state index >= 15 is 0 Å². The predicted octanol–water partition coefficient (Wildman–Crippen LogP) is 3.87. The van der Waals surface area contributed by atoms with Crippen LogP contribution in [0.1, 0.15) is 30.9 Å². The van der Waals surface area contributed by atoms with Gasteiger partial charge in [0.2, 0.25) is 5.95 Å². The fraction of sp³-hybridized carbons (Fsp3) is 0.450. The first kappa shape index (κ1) is 18.9. The third kappa shape index (κ3) is 5.09. The van der Waals surface area contributed by atoms with Crippen molar-refractivity contribution >= 4 is 23.5 Å². The fourth-order valence-electron chi connectivity index (χ4n) is 3.11. The van der Waals surface area contributed by atoms with Crippen LogP contribution in [0.2, 0.25) is 0 Å². The van der Waals surface area contributed by atoms with E-state index in [-0.39, 0.29) is 12.1 Å². The maximum atomic E-state index is 11.8. The van der Waals surface area contributed by atoms with E-state index in [0.717, 1.165) is 24.3 Å². The van der Waals surface area contributed by atoms with Crippen molar-refractivity contribution in [1.82, 2.24) is 14.9 Å². The number of carbonyl (C=O) groups is 1. The third-order valence-corrected chi connectivity index (χ3v) is 4.67. The SMILES string of the molecule is CCOC(=O)N1CCC(Nc2nccc(Nc3cc(C)ccc3C)n2)CC1. The molecule has 2 heterocycles. The average Bonchev–Trinajstić information content (AvgIpc) is 2.66. The summed E-state index contributed by atoms with van der Waals surface area (Å²) in [4.78, 5) is 22.4. The second kappa shape index (κ2) is 8.70. The van der Waals surface area contributed by atoms with E-state index in [0.29, 0.717) is 25.6 Å². The van der Waals surface area contributed by atoms with E-state index in [1.165, 1.54) is 11.1 Å². The van der Waals surface area contributed by atoms with Gasteiger partial charge in [-0.1, -0.05) is 12.1 Å². The van der Waals surface area contributed by atoms with Crippen molar-refractivity contribution in [3.63, 3.8) is 0 Å². The van der Waals surface area contributed by atoms with E-state index in [2.05, 4.69) is 52.6 Å². The molecule has 1 aliphatic rings. The van der Waals surface area contributed by atoms with Gasteiger partial charge in [-0.15, -0.1) is 0 Å². The Kier molecular flexibility index (Phi) is 6.11. The van der Waals surface area contributed by atoms with Crippen molar-refractivity contribution in [2.45, 2.75) is 39.7 Å². The molecule has 0 saturated carbocycles. The Balaban J connectivity index is 1.58. The Hall–Kier alpha value is -2.83. The lowest BCUT2D eigenvalue weighted by molar-refractivity contribution is 0.0983. The van der Waals surface area contributed by atoms with Crippen molar-refractivity contribution in [1.29, 1.82) is 0 Å². The topological polar surface area (TPSA) is 79.4 Å². The molecule has 3 rings (SSSR count). The number of anilines is 3. The first-order valence-corrected chi connectivity index (χ1v) is 9.40. The number of hydrogen-bond acceptors (Lipinski definition) is 6. The van der Waals surface area contributed by atoms with Crippen molar-refractivity contribution in [3.05, 3.63) is 41.6 Å². The monoisotopic (exact) mass is 369 g/mol. The standard InChI is InChI=1S/C20H27N5O2/c1-4-27-20(26)25-11-8-16(9-12-25)22-19-21-10-7-18(24-19)23-17-13-14(2)5-6-15(17)3/h5-7,10,13,16H,4,8-9,11-12H2,1-3H3,(H2,21,22,23,24). The van der Waals surface area contributed by atoms with Gasteiger partial charge in [0, 0.05) is 31.0 Å². The van der Waals surface area contributed by atoms with Gasteiger partial charge in [-0.3, -0.25) is 0 Å². The van der Waals surface area contributed by atoms with Gasteiger partial charge in [0.25, 0.3) is 0 Å². The molecule has 0 atom stereocenters. The summed E-state index contributed by atoms with van der Waals surface area (Å²) in [6.07, 6.45) is 3.20. The number of rotatable bonds is 5. The van der Waals surface area contributed by atoms with Crippen molar-refractivity contribution in [3.8, 4) is 0 Å². The molecule has 1 amide bonds. The van der Waals surface area contributed by atoms with E-state index in [4.69, 9.17) is 4.74 Å². The van der Waals surface area contributed by atoms with Gasteiger partial charge >= 0.3 is 6.09 Å². The molecule has 144 valence electrons. The highest BCUT2D eigenvalue weighted by Crippen LogP contribution is 2.21. The summed E-state index contributed by atoms with van der Waals surface area (Å²) in [5.74, 6) is 1.35. The molecule has 1 fully saturated rings. The summed E-state index contributed by atoms with van der Waals surface area (Å²) < 4.78 is 5.06. The quantitative estimate of drug-likeness (QED) is 0.833. The van der Waals surface area contributed by atoms with Crippen molar-refractivity contribution in [2.24, 2.45) is 0 Å². The Bertz CT molecular complexity index is 788. The minimum Gasteiger partial charge on any atom is -0.450 e. The molecule has 1 aromatic carbocycles. The number of ether oxygens (including phenoxy) is 1. The molecule has 2 N–H and O–H groups in total. The average molecular weight is 369 g/mol. The van der Waals surface area contributed by atoms with Crippen molar-refractivity contribution < 1.29 is 9.53 Å². The van der Waals surface area contributed by atoms with Crippen LogP contribution in [0.4, 0.5) is 22.2 Å². The minimum atomic E-state index is -0.230. The summed E-state index contributed by atoms with van der Waals surface area (Å²) in [5.41, 5.74) is 3.41. The molecule has 27 heavy (non-hydrogen) atoms. The minimum absolute atomic E-state index is 0.230. The van der Waals surface area contributed by atoms with Crippen molar-refractivity contribution in [2.75, 3.05) is 30.3 Å². The maximum Gasteiger partial charge on any atom is 0.409 e. The lowest BCUT2D eigenvalue weighted by Gasteiger charge is -2.31. The number of likely N-dealkylation sites (tertiary alicyclic amines) is 1. The van der Waals surface area contributed by atoms with Crippen LogP contribution in [-0.4, -0.2) is 46.7 Å². The van der Waals surface area contributed by atoms with Gasteiger partial charge in [0.05, 0.1) is 6.61 Å². The molecule has 0 spiro atoms. The van der Waals surface area contributed by atoms with Crippen LogP contribution in [0.3, 0.4) is 0 Å². The molecule has 7 nitrogen and oxygen atoms in total. The lowest BCUT2D eigenvalue weighted by Crippen LogP contribution is -2.42. The largest absolute Gasteiger partial charge is 0.450 e. The highest BCUT2D eigenvalue weighted by atomic mass is 16.6. The summed E-state index contributed by atoms with van der Waals surface area (Å²) in [6, 6.07) is 8.39. The predicted molar refractivity (Wildman–Crippen MR) is 106 cm³/mol. The molecule has 1 aromatic heterocycles. The number of nitrogens with one attached hydrogen (secondary N) is 2. The molecule has 0 unspecified atom stereocenters.